The van der Waals surface area contributed by atoms with E-state index in [-0.39, 0.29) is 17.1 Å². The molecule has 1 aliphatic heterocycles. The van der Waals surface area contributed by atoms with Crippen molar-refractivity contribution < 1.29 is 14.1 Å². The number of hydrogen-bond donors (Lipinski definition) is 1. The van der Waals surface area contributed by atoms with E-state index in [1.165, 1.54) is 12.3 Å². The SMILES string of the molecule is Cn1cc(N2C(=O)C(NC(=O)c3ccon3)CC2(C)C2CC2)cn1. The molecule has 8 heteroatoms. The number of rotatable bonds is 4. The number of hydrogen-bond acceptors (Lipinski definition) is 5. The third-order valence-electron chi connectivity index (χ3n) is 5.03. The number of aryl methyl sites for hydroxylation is 1. The second kappa shape index (κ2) is 5.19. The number of nitrogens with zero attached hydrogens (tertiary/aromatic N) is 4. The van der Waals surface area contributed by atoms with Crippen LogP contribution < -0.4 is 10.2 Å². The smallest absolute Gasteiger partial charge is 0.274 e. The number of carbonyl (C=O) groups is 2. The van der Waals surface area contributed by atoms with Crippen LogP contribution in [0.3, 0.4) is 0 Å². The lowest BCUT2D eigenvalue weighted by molar-refractivity contribution is -0.119. The van der Waals surface area contributed by atoms with Gasteiger partial charge in [-0.2, -0.15) is 5.10 Å². The average Bonchev–Trinajstić information content (AvgIpc) is 2.99. The minimum Gasteiger partial charge on any atom is -0.364 e. The summed E-state index contributed by atoms with van der Waals surface area (Å²) in [5.41, 5.74) is 0.646. The molecule has 1 aliphatic carbocycles. The van der Waals surface area contributed by atoms with Gasteiger partial charge in [0, 0.05) is 25.7 Å². The van der Waals surface area contributed by atoms with Gasteiger partial charge >= 0.3 is 0 Å². The number of carbonyl (C=O) groups excluding carboxylic acids is 2. The van der Waals surface area contributed by atoms with E-state index in [0.717, 1.165) is 18.5 Å². The predicted octanol–water partition coefficient (Wildman–Crippen LogP) is 1.11. The molecular weight excluding hydrogens is 310 g/mol. The maximum Gasteiger partial charge on any atom is 0.274 e. The summed E-state index contributed by atoms with van der Waals surface area (Å²) >= 11 is 0. The Hall–Kier alpha value is -2.64. The van der Waals surface area contributed by atoms with Crippen LogP contribution in [-0.4, -0.2) is 38.3 Å². The zero-order valence-electron chi connectivity index (χ0n) is 13.6. The first-order chi connectivity index (χ1) is 11.5. The van der Waals surface area contributed by atoms with Crippen LogP contribution in [0.1, 0.15) is 36.7 Å². The highest BCUT2D eigenvalue weighted by atomic mass is 16.5. The van der Waals surface area contributed by atoms with Crippen molar-refractivity contribution in [3.05, 3.63) is 30.4 Å². The van der Waals surface area contributed by atoms with Crippen LogP contribution in [0.5, 0.6) is 0 Å². The first-order valence-electron chi connectivity index (χ1n) is 8.03. The van der Waals surface area contributed by atoms with Gasteiger partial charge in [-0.05, 0) is 25.7 Å². The highest BCUT2D eigenvalue weighted by molar-refractivity contribution is 6.04. The van der Waals surface area contributed by atoms with Gasteiger partial charge in [0.15, 0.2) is 5.69 Å². The van der Waals surface area contributed by atoms with Crippen LogP contribution in [0.15, 0.2) is 29.2 Å². The number of nitrogens with one attached hydrogen (secondary N) is 1. The molecule has 2 aromatic rings. The number of amides is 2. The fraction of sp³-hybridized carbons (Fsp3) is 0.500. The summed E-state index contributed by atoms with van der Waals surface area (Å²) in [7, 11) is 1.82. The first kappa shape index (κ1) is 14.9. The Kier molecular flexibility index (Phi) is 3.22. The Balaban J connectivity index is 1.61. The van der Waals surface area contributed by atoms with E-state index in [4.69, 9.17) is 4.52 Å². The molecule has 1 saturated heterocycles. The summed E-state index contributed by atoms with van der Waals surface area (Å²) in [5.74, 6) is -0.0434. The first-order valence-corrected chi connectivity index (χ1v) is 8.03. The van der Waals surface area contributed by atoms with Gasteiger partial charge in [0.05, 0.1) is 17.4 Å². The van der Waals surface area contributed by atoms with Crippen molar-refractivity contribution in [1.29, 1.82) is 0 Å². The summed E-state index contributed by atoms with van der Waals surface area (Å²) in [6, 6.07) is 0.910. The fourth-order valence-electron chi connectivity index (χ4n) is 3.67. The van der Waals surface area contributed by atoms with Crippen molar-refractivity contribution in [3.8, 4) is 0 Å². The zero-order chi connectivity index (χ0) is 16.9. The van der Waals surface area contributed by atoms with Crippen LogP contribution in [0.4, 0.5) is 5.69 Å². The second-order valence-electron chi connectivity index (χ2n) is 6.79. The van der Waals surface area contributed by atoms with E-state index in [1.54, 1.807) is 10.9 Å². The van der Waals surface area contributed by atoms with Crippen molar-refractivity contribution in [1.82, 2.24) is 20.3 Å². The van der Waals surface area contributed by atoms with Crippen LogP contribution in [-0.2, 0) is 11.8 Å². The quantitative estimate of drug-likeness (QED) is 0.907. The van der Waals surface area contributed by atoms with Crippen molar-refractivity contribution in [3.63, 3.8) is 0 Å². The lowest BCUT2D eigenvalue weighted by Gasteiger charge is -2.34. The Morgan fingerprint density at radius 2 is 2.25 bits per heavy atom. The minimum absolute atomic E-state index is 0.103. The van der Waals surface area contributed by atoms with Crippen molar-refractivity contribution in [2.24, 2.45) is 13.0 Å². The van der Waals surface area contributed by atoms with E-state index >= 15 is 0 Å². The molecule has 0 radical (unpaired) electrons. The number of aromatic nitrogens is 3. The lowest BCUT2D eigenvalue weighted by Crippen LogP contribution is -2.46. The average molecular weight is 329 g/mol. The molecule has 24 heavy (non-hydrogen) atoms. The summed E-state index contributed by atoms with van der Waals surface area (Å²) in [6.45, 7) is 2.10. The summed E-state index contributed by atoms with van der Waals surface area (Å²) in [5, 5.41) is 10.6. The highest BCUT2D eigenvalue weighted by Gasteiger charge is 2.56. The molecule has 0 bridgehead atoms. The molecular formula is C16H19N5O3. The van der Waals surface area contributed by atoms with Gasteiger partial charge in [-0.15, -0.1) is 0 Å². The topological polar surface area (TPSA) is 93.3 Å². The van der Waals surface area contributed by atoms with Crippen LogP contribution >= 0.6 is 0 Å². The molecule has 2 atom stereocenters. The molecule has 8 nitrogen and oxygen atoms in total. The third kappa shape index (κ3) is 2.29. The standard InChI is InChI=1S/C16H19N5O3/c1-16(10-3-4-10)7-13(18-14(22)12-5-6-24-19-12)15(23)21(16)11-8-17-20(2)9-11/h5-6,8-10,13H,3-4,7H2,1-2H3,(H,18,22). The fourth-order valence-corrected chi connectivity index (χ4v) is 3.67. The highest BCUT2D eigenvalue weighted by Crippen LogP contribution is 2.50. The van der Waals surface area contributed by atoms with Gasteiger partial charge in [0.25, 0.3) is 5.91 Å². The Morgan fingerprint density at radius 3 is 2.83 bits per heavy atom. The van der Waals surface area contributed by atoms with Crippen molar-refractivity contribution in [2.45, 2.75) is 37.8 Å². The molecule has 0 spiro atoms. The van der Waals surface area contributed by atoms with Gasteiger partial charge in [0.2, 0.25) is 5.91 Å². The van der Waals surface area contributed by atoms with E-state index in [0.29, 0.717) is 12.3 Å². The molecule has 2 aromatic heterocycles. The monoisotopic (exact) mass is 329 g/mol. The molecule has 2 fully saturated rings. The third-order valence-corrected chi connectivity index (χ3v) is 5.03. The Morgan fingerprint density at radius 1 is 1.46 bits per heavy atom. The van der Waals surface area contributed by atoms with E-state index in [2.05, 4.69) is 22.5 Å². The minimum atomic E-state index is -0.569. The van der Waals surface area contributed by atoms with Crippen molar-refractivity contribution >= 4 is 17.5 Å². The van der Waals surface area contributed by atoms with Gasteiger partial charge in [0.1, 0.15) is 12.3 Å². The Labute approximate surface area is 138 Å². The molecule has 1 saturated carbocycles. The van der Waals surface area contributed by atoms with Gasteiger partial charge in [-0.1, -0.05) is 5.16 Å². The maximum absolute atomic E-state index is 13.0. The van der Waals surface area contributed by atoms with Gasteiger partial charge in [-0.3, -0.25) is 14.3 Å². The van der Waals surface area contributed by atoms with Gasteiger partial charge < -0.3 is 14.7 Å². The Bertz CT molecular complexity index is 779. The van der Waals surface area contributed by atoms with Crippen LogP contribution in [0, 0.1) is 5.92 Å². The zero-order valence-corrected chi connectivity index (χ0v) is 13.6. The molecule has 4 rings (SSSR count). The molecule has 126 valence electrons. The summed E-state index contributed by atoms with van der Waals surface area (Å²) < 4.78 is 6.37. The maximum atomic E-state index is 13.0. The molecule has 2 aliphatic rings. The summed E-state index contributed by atoms with van der Waals surface area (Å²) in [6.07, 6.45) is 7.65. The molecule has 2 amide bonds. The number of anilines is 1. The van der Waals surface area contributed by atoms with E-state index < -0.39 is 11.9 Å². The van der Waals surface area contributed by atoms with E-state index in [9.17, 15) is 9.59 Å². The normalized spacial score (nSPS) is 26.8. The lowest BCUT2D eigenvalue weighted by atomic mass is 9.91. The molecule has 0 aromatic carbocycles. The van der Waals surface area contributed by atoms with Gasteiger partial charge in [-0.25, -0.2) is 0 Å². The molecule has 1 N–H and O–H groups in total. The largest absolute Gasteiger partial charge is 0.364 e. The molecule has 3 heterocycles. The van der Waals surface area contributed by atoms with Crippen LogP contribution in [0.25, 0.3) is 0 Å². The van der Waals surface area contributed by atoms with E-state index in [1.807, 2.05) is 18.1 Å². The predicted molar refractivity (Wildman–Crippen MR) is 84.2 cm³/mol. The summed E-state index contributed by atoms with van der Waals surface area (Å²) in [4.78, 5) is 27.0. The van der Waals surface area contributed by atoms with Crippen LogP contribution in [0.2, 0.25) is 0 Å². The second-order valence-corrected chi connectivity index (χ2v) is 6.79. The van der Waals surface area contributed by atoms with Crippen molar-refractivity contribution in [2.75, 3.05) is 4.90 Å². The molecule has 2 unspecified atom stereocenters.